The molecule has 0 spiro atoms. The zero-order chi connectivity index (χ0) is 22.9. The first-order valence-electron chi connectivity index (χ1n) is 9.82. The van der Waals surface area contributed by atoms with Crippen molar-refractivity contribution in [2.75, 3.05) is 7.11 Å². The molecule has 1 aliphatic rings. The summed E-state index contributed by atoms with van der Waals surface area (Å²) in [6.07, 6.45) is 4.18. The van der Waals surface area contributed by atoms with Crippen molar-refractivity contribution in [1.82, 2.24) is 0 Å². The van der Waals surface area contributed by atoms with Crippen LogP contribution in [0.4, 0.5) is 0 Å². The van der Waals surface area contributed by atoms with Crippen molar-refractivity contribution in [3.63, 3.8) is 0 Å². The highest BCUT2D eigenvalue weighted by molar-refractivity contribution is 6.00. The summed E-state index contributed by atoms with van der Waals surface area (Å²) in [5, 5.41) is 32.1. The second kappa shape index (κ2) is 8.63. The van der Waals surface area contributed by atoms with Gasteiger partial charge in [0.15, 0.2) is 17.2 Å². The van der Waals surface area contributed by atoms with Gasteiger partial charge in [0, 0.05) is 11.1 Å². The molecular formula is C24H26O7. The van der Waals surface area contributed by atoms with Crippen molar-refractivity contribution in [3.8, 4) is 40.2 Å². The zero-order valence-corrected chi connectivity index (χ0v) is 18.2. The molecule has 0 bridgehead atoms. The summed E-state index contributed by atoms with van der Waals surface area (Å²) in [6, 6.07) is 2.68. The number of methoxy groups -OCH3 is 1. The molecule has 0 saturated heterocycles. The van der Waals surface area contributed by atoms with E-state index >= 15 is 0 Å². The summed E-state index contributed by atoms with van der Waals surface area (Å²) in [4.78, 5) is 13.0. The smallest absolute Gasteiger partial charge is 0.351 e. The fourth-order valence-electron chi connectivity index (χ4n) is 3.27. The molecule has 7 heteroatoms. The molecule has 0 saturated carbocycles. The van der Waals surface area contributed by atoms with E-state index in [0.29, 0.717) is 5.56 Å². The van der Waals surface area contributed by atoms with Gasteiger partial charge in [0.2, 0.25) is 11.5 Å². The van der Waals surface area contributed by atoms with Crippen molar-refractivity contribution in [2.24, 2.45) is 0 Å². The number of carbonyl (C=O) groups is 1. The Morgan fingerprint density at radius 2 is 1.52 bits per heavy atom. The lowest BCUT2D eigenvalue weighted by molar-refractivity contribution is 0.0734. The molecular weight excluding hydrogens is 400 g/mol. The molecule has 31 heavy (non-hydrogen) atoms. The Balaban J connectivity index is 2.33. The minimum atomic E-state index is -0.837. The Morgan fingerprint density at radius 1 is 0.903 bits per heavy atom. The van der Waals surface area contributed by atoms with Crippen LogP contribution in [0.1, 0.15) is 49.2 Å². The lowest BCUT2D eigenvalue weighted by Crippen LogP contribution is -2.10. The summed E-state index contributed by atoms with van der Waals surface area (Å²) in [7, 11) is 1.34. The van der Waals surface area contributed by atoms with E-state index < -0.39 is 11.7 Å². The summed E-state index contributed by atoms with van der Waals surface area (Å²) in [5.41, 5.74) is 2.33. The van der Waals surface area contributed by atoms with Crippen molar-refractivity contribution >= 4 is 5.97 Å². The Hall–Kier alpha value is -3.61. The Kier molecular flexibility index (Phi) is 6.15. The fraction of sp³-hybridized carbons (Fsp3) is 0.292. The summed E-state index contributed by atoms with van der Waals surface area (Å²) < 4.78 is 16.6. The number of fused-ring (bicyclic) bond motifs is 2. The van der Waals surface area contributed by atoms with Crippen molar-refractivity contribution in [1.29, 1.82) is 0 Å². The van der Waals surface area contributed by atoms with E-state index in [-0.39, 0.29) is 58.5 Å². The van der Waals surface area contributed by atoms with Gasteiger partial charge in [0.05, 0.1) is 7.11 Å². The van der Waals surface area contributed by atoms with Crippen LogP contribution in [0.2, 0.25) is 0 Å². The maximum Gasteiger partial charge on any atom is 0.351 e. The maximum absolute atomic E-state index is 13.0. The van der Waals surface area contributed by atoms with Gasteiger partial charge in [-0.2, -0.15) is 0 Å². The third-order valence-electron chi connectivity index (χ3n) is 4.89. The molecule has 1 aliphatic heterocycles. The first-order chi connectivity index (χ1) is 14.6. The molecule has 3 N–H and O–H groups in total. The predicted octanol–water partition coefficient (Wildman–Crippen LogP) is 5.15. The first-order valence-corrected chi connectivity index (χ1v) is 9.82. The average Bonchev–Trinajstić information content (AvgIpc) is 2.83. The average molecular weight is 426 g/mol. The number of esters is 1. The van der Waals surface area contributed by atoms with Crippen LogP contribution in [-0.4, -0.2) is 28.4 Å². The molecule has 164 valence electrons. The SMILES string of the molecule is COc1c(O)ccc2c1Oc1c(CC=C(C)C)c(O)c(CC=C(C)C)c(O)c1C(=O)O2. The number of phenolic OH excluding ortho intramolecular Hbond substituents is 3. The second-order valence-electron chi connectivity index (χ2n) is 7.77. The van der Waals surface area contributed by atoms with Gasteiger partial charge in [-0.15, -0.1) is 0 Å². The van der Waals surface area contributed by atoms with Gasteiger partial charge in [-0.3, -0.25) is 0 Å². The third kappa shape index (κ3) is 4.17. The number of aromatic hydroxyl groups is 3. The molecule has 0 aromatic heterocycles. The molecule has 2 aromatic carbocycles. The Morgan fingerprint density at radius 3 is 2.10 bits per heavy atom. The van der Waals surface area contributed by atoms with Crippen LogP contribution in [0.5, 0.6) is 40.2 Å². The number of rotatable bonds is 5. The van der Waals surface area contributed by atoms with Crippen LogP contribution >= 0.6 is 0 Å². The first kappa shape index (κ1) is 22.1. The third-order valence-corrected chi connectivity index (χ3v) is 4.89. The van der Waals surface area contributed by atoms with Gasteiger partial charge < -0.3 is 29.5 Å². The van der Waals surface area contributed by atoms with Gasteiger partial charge in [0.1, 0.15) is 17.1 Å². The van der Waals surface area contributed by atoms with Crippen molar-refractivity contribution in [2.45, 2.75) is 40.5 Å². The number of carbonyl (C=O) groups excluding carboxylic acids is 1. The number of allylic oxidation sites excluding steroid dienone is 4. The Labute approximate surface area is 180 Å². The van der Waals surface area contributed by atoms with E-state index in [2.05, 4.69) is 0 Å². The van der Waals surface area contributed by atoms with Gasteiger partial charge in [0.25, 0.3) is 0 Å². The van der Waals surface area contributed by atoms with E-state index in [0.717, 1.165) is 11.1 Å². The molecule has 1 heterocycles. The topological polar surface area (TPSA) is 105 Å². The molecule has 0 atom stereocenters. The van der Waals surface area contributed by atoms with Crippen LogP contribution in [0.15, 0.2) is 35.4 Å². The van der Waals surface area contributed by atoms with E-state index in [1.54, 1.807) is 0 Å². The van der Waals surface area contributed by atoms with Crippen LogP contribution in [0.3, 0.4) is 0 Å². The quantitative estimate of drug-likeness (QED) is 0.345. The molecule has 3 rings (SSSR count). The fourth-order valence-corrected chi connectivity index (χ4v) is 3.27. The van der Waals surface area contributed by atoms with E-state index in [1.165, 1.54) is 19.2 Å². The maximum atomic E-state index is 13.0. The molecule has 0 radical (unpaired) electrons. The van der Waals surface area contributed by atoms with E-state index in [1.807, 2.05) is 39.8 Å². The summed E-state index contributed by atoms with van der Waals surface area (Å²) in [5.74, 6) is -1.69. The molecule has 0 amide bonds. The van der Waals surface area contributed by atoms with Gasteiger partial charge in [-0.05, 0) is 52.7 Å². The van der Waals surface area contributed by atoms with Gasteiger partial charge >= 0.3 is 5.97 Å². The number of hydrogen-bond donors (Lipinski definition) is 3. The van der Waals surface area contributed by atoms with Gasteiger partial charge in [-0.25, -0.2) is 4.79 Å². The van der Waals surface area contributed by atoms with E-state index in [4.69, 9.17) is 14.2 Å². The lowest BCUT2D eigenvalue weighted by Gasteiger charge is -2.18. The molecule has 2 aromatic rings. The highest BCUT2D eigenvalue weighted by Crippen LogP contribution is 2.53. The van der Waals surface area contributed by atoms with Crippen molar-refractivity contribution in [3.05, 3.63) is 52.1 Å². The van der Waals surface area contributed by atoms with Crippen LogP contribution < -0.4 is 14.2 Å². The van der Waals surface area contributed by atoms with Crippen LogP contribution in [-0.2, 0) is 12.8 Å². The monoisotopic (exact) mass is 426 g/mol. The second-order valence-corrected chi connectivity index (χ2v) is 7.77. The van der Waals surface area contributed by atoms with Crippen molar-refractivity contribution < 1.29 is 34.3 Å². The standard InChI is InChI=1S/C24H26O7/c1-12(2)6-8-14-19(26)15(9-7-13(3)4)21-18(20(14)27)24(28)30-17-11-10-16(25)22(29-5)23(17)31-21/h6-7,10-11,25-27H,8-9H2,1-5H3. The molecule has 7 nitrogen and oxygen atoms in total. The highest BCUT2D eigenvalue weighted by Gasteiger charge is 2.34. The molecule has 0 fully saturated rings. The van der Waals surface area contributed by atoms with Crippen LogP contribution in [0, 0.1) is 0 Å². The Bertz CT molecular complexity index is 1100. The minimum absolute atomic E-state index is 0.0220. The number of phenols is 3. The van der Waals surface area contributed by atoms with Crippen LogP contribution in [0.25, 0.3) is 0 Å². The molecule has 0 aliphatic carbocycles. The zero-order valence-electron chi connectivity index (χ0n) is 18.2. The number of ether oxygens (including phenoxy) is 3. The largest absolute Gasteiger partial charge is 0.507 e. The molecule has 0 unspecified atom stereocenters. The summed E-state index contributed by atoms with van der Waals surface area (Å²) in [6.45, 7) is 7.61. The highest BCUT2D eigenvalue weighted by atomic mass is 16.6. The number of benzene rings is 2. The normalized spacial score (nSPS) is 12.0. The van der Waals surface area contributed by atoms with Gasteiger partial charge in [-0.1, -0.05) is 23.3 Å². The van der Waals surface area contributed by atoms with E-state index in [9.17, 15) is 20.1 Å². The number of hydrogen-bond acceptors (Lipinski definition) is 7. The summed E-state index contributed by atoms with van der Waals surface area (Å²) >= 11 is 0. The lowest BCUT2D eigenvalue weighted by atomic mass is 9.95. The minimum Gasteiger partial charge on any atom is -0.507 e. The predicted molar refractivity (Wildman–Crippen MR) is 116 cm³/mol.